The van der Waals surface area contributed by atoms with Crippen LogP contribution in [-0.4, -0.2) is 45.0 Å². The van der Waals surface area contributed by atoms with Gasteiger partial charge in [0.2, 0.25) is 0 Å². The van der Waals surface area contributed by atoms with Gasteiger partial charge in [0.1, 0.15) is 29.4 Å². The minimum atomic E-state index is 0.119. The summed E-state index contributed by atoms with van der Waals surface area (Å²) in [4.78, 5) is 28.0. The summed E-state index contributed by atoms with van der Waals surface area (Å²) in [6.07, 6.45) is 8.45. The number of carbonyl (C=O) groups is 1. The van der Waals surface area contributed by atoms with E-state index in [1.54, 1.807) is 12.7 Å². The van der Waals surface area contributed by atoms with Crippen LogP contribution in [0.3, 0.4) is 0 Å². The van der Waals surface area contributed by atoms with Crippen LogP contribution in [-0.2, 0) is 11.8 Å². The third-order valence-corrected chi connectivity index (χ3v) is 8.99. The highest BCUT2D eigenvalue weighted by molar-refractivity contribution is 5.95. The van der Waals surface area contributed by atoms with E-state index in [9.17, 15) is 4.79 Å². The van der Waals surface area contributed by atoms with E-state index in [1.807, 2.05) is 54.9 Å². The molecule has 1 saturated heterocycles. The first-order valence-corrected chi connectivity index (χ1v) is 15.2. The van der Waals surface area contributed by atoms with Gasteiger partial charge in [0.15, 0.2) is 5.78 Å². The van der Waals surface area contributed by atoms with Crippen LogP contribution in [0.15, 0.2) is 73.8 Å². The monoisotopic (exact) mass is 588 g/mol. The zero-order chi connectivity index (χ0) is 30.2. The maximum atomic E-state index is 11.9. The number of ether oxygens (including phenoxy) is 2. The van der Waals surface area contributed by atoms with Gasteiger partial charge < -0.3 is 24.3 Å². The summed E-state index contributed by atoms with van der Waals surface area (Å²) in [5, 5.41) is 4.45. The Balaban J connectivity index is 1.12. The summed E-state index contributed by atoms with van der Waals surface area (Å²) >= 11 is 0. The number of allylic oxidation sites excluding steroid dienone is 1. The van der Waals surface area contributed by atoms with Crippen molar-refractivity contribution in [3.05, 3.63) is 79.4 Å². The molecule has 9 heteroatoms. The van der Waals surface area contributed by atoms with Crippen LogP contribution in [0.5, 0.6) is 17.2 Å². The van der Waals surface area contributed by atoms with Crippen molar-refractivity contribution in [2.24, 2.45) is 18.9 Å². The zero-order valence-corrected chi connectivity index (χ0v) is 25.1. The molecule has 3 aromatic carbocycles. The Labute approximate surface area is 256 Å². The van der Waals surface area contributed by atoms with Gasteiger partial charge in [-0.3, -0.25) is 4.79 Å². The first-order valence-electron chi connectivity index (χ1n) is 15.2. The predicted molar refractivity (Wildman–Crippen MR) is 173 cm³/mol. The lowest BCUT2D eigenvalue weighted by Crippen LogP contribution is -2.31. The first kappa shape index (κ1) is 27.9. The molecule has 0 saturated carbocycles. The van der Waals surface area contributed by atoms with Gasteiger partial charge in [-0.2, -0.15) is 0 Å². The maximum Gasteiger partial charge on any atom is 0.155 e. The number of rotatable bonds is 8. The van der Waals surface area contributed by atoms with Crippen LogP contribution in [0.25, 0.3) is 21.9 Å². The van der Waals surface area contributed by atoms with E-state index < -0.39 is 0 Å². The fourth-order valence-electron chi connectivity index (χ4n) is 6.54. The van der Waals surface area contributed by atoms with Gasteiger partial charge in [0.05, 0.1) is 35.2 Å². The largest absolute Gasteiger partial charge is 0.491 e. The van der Waals surface area contributed by atoms with Crippen LogP contribution in [0.2, 0.25) is 0 Å². The van der Waals surface area contributed by atoms with Crippen molar-refractivity contribution >= 4 is 44.9 Å². The number of aromatic nitrogens is 4. The van der Waals surface area contributed by atoms with E-state index in [2.05, 4.69) is 43.9 Å². The molecule has 0 aliphatic carbocycles. The van der Waals surface area contributed by atoms with Gasteiger partial charge in [-0.15, -0.1) is 0 Å². The average molecular weight is 589 g/mol. The molecule has 224 valence electrons. The number of fused-ring (bicyclic) bond motifs is 6. The number of hydrogen-bond acceptors (Lipinski definition) is 8. The number of ketones is 1. The average Bonchev–Trinajstić information content (AvgIpc) is 3.17. The van der Waals surface area contributed by atoms with Crippen molar-refractivity contribution in [3.63, 3.8) is 0 Å². The number of benzene rings is 3. The molecule has 1 fully saturated rings. The maximum absolute atomic E-state index is 11.9. The van der Waals surface area contributed by atoms with Gasteiger partial charge in [-0.25, -0.2) is 15.0 Å². The van der Waals surface area contributed by atoms with Gasteiger partial charge in [-0.05, 0) is 80.1 Å². The van der Waals surface area contributed by atoms with Crippen LogP contribution in [0, 0.1) is 18.8 Å². The number of anilines is 3. The second-order valence-electron chi connectivity index (χ2n) is 11.9. The SMILES string of the molecule is C=CC(=O)CCC1CCCN2CC1COc1cc3ncnc(Nc4ccc(Oc5ccc6c(c5)ncn6C)c(C)c4)c3cc12. The molecule has 1 N–H and O–H groups in total. The summed E-state index contributed by atoms with van der Waals surface area (Å²) in [6, 6.07) is 16.2. The fraction of sp³-hybridized carbons (Fsp3) is 0.314. The molecule has 2 bridgehead atoms. The molecule has 0 radical (unpaired) electrons. The van der Waals surface area contributed by atoms with Crippen LogP contribution >= 0.6 is 0 Å². The third kappa shape index (κ3) is 5.45. The number of nitrogens with zero attached hydrogens (tertiary/aromatic N) is 5. The lowest BCUT2D eigenvalue weighted by molar-refractivity contribution is -0.115. The van der Waals surface area contributed by atoms with Crippen LogP contribution in [0.4, 0.5) is 17.2 Å². The van der Waals surface area contributed by atoms with E-state index in [0.717, 1.165) is 94.3 Å². The second-order valence-corrected chi connectivity index (χ2v) is 11.9. The topological polar surface area (TPSA) is 94.4 Å². The highest BCUT2D eigenvalue weighted by Crippen LogP contribution is 2.41. The van der Waals surface area contributed by atoms with E-state index in [1.165, 1.54) is 6.08 Å². The molecule has 2 aromatic heterocycles. The minimum Gasteiger partial charge on any atom is -0.491 e. The van der Waals surface area contributed by atoms with Crippen molar-refractivity contribution < 1.29 is 14.3 Å². The van der Waals surface area contributed by atoms with E-state index in [-0.39, 0.29) is 5.78 Å². The van der Waals surface area contributed by atoms with Crippen molar-refractivity contribution in [1.82, 2.24) is 19.5 Å². The Morgan fingerprint density at radius 3 is 2.91 bits per heavy atom. The summed E-state index contributed by atoms with van der Waals surface area (Å²) < 4.78 is 14.6. The lowest BCUT2D eigenvalue weighted by Gasteiger charge is -2.26. The smallest absolute Gasteiger partial charge is 0.155 e. The molecule has 44 heavy (non-hydrogen) atoms. The van der Waals surface area contributed by atoms with Crippen molar-refractivity contribution in [3.8, 4) is 17.2 Å². The molecule has 0 spiro atoms. The standard InChI is InChI=1S/C35H36N6O3/c1-4-26(42)9-7-23-6-5-13-41-18-24(23)19-43-34-17-29-28(16-32(34)41)35(37-20-36-29)39-25-8-12-33(22(2)14-25)44-27-10-11-31-30(15-27)38-21-40(31)3/h4,8,10-12,14-17,20-21,23-24H,1,5-7,9,13,18-19H2,2-3H3,(H,36,37,39). The minimum absolute atomic E-state index is 0.119. The number of hydrogen-bond donors (Lipinski definition) is 1. The molecular weight excluding hydrogens is 552 g/mol. The van der Waals surface area contributed by atoms with E-state index in [4.69, 9.17) is 9.47 Å². The molecule has 9 nitrogen and oxygen atoms in total. The van der Waals surface area contributed by atoms with Gasteiger partial charge in [-0.1, -0.05) is 6.58 Å². The van der Waals surface area contributed by atoms with Gasteiger partial charge >= 0.3 is 0 Å². The van der Waals surface area contributed by atoms with Crippen LogP contribution < -0.4 is 19.7 Å². The Morgan fingerprint density at radius 1 is 1.14 bits per heavy atom. The Kier molecular flexibility index (Phi) is 7.37. The number of aryl methyl sites for hydroxylation is 2. The Morgan fingerprint density at radius 2 is 2.05 bits per heavy atom. The predicted octanol–water partition coefficient (Wildman–Crippen LogP) is 7.12. The summed E-state index contributed by atoms with van der Waals surface area (Å²) in [5.41, 5.74) is 5.77. The Bertz CT molecular complexity index is 1880. The first-order chi connectivity index (χ1) is 21.4. The lowest BCUT2D eigenvalue weighted by atomic mass is 9.85. The van der Waals surface area contributed by atoms with E-state index >= 15 is 0 Å². The number of imidazole rings is 1. The molecule has 7 rings (SSSR count). The fourth-order valence-corrected chi connectivity index (χ4v) is 6.54. The second kappa shape index (κ2) is 11.6. The molecule has 2 aliphatic rings. The summed E-state index contributed by atoms with van der Waals surface area (Å²) in [7, 11) is 1.98. The molecule has 2 atom stereocenters. The van der Waals surface area contributed by atoms with Gasteiger partial charge in [0, 0.05) is 55.7 Å². The third-order valence-electron chi connectivity index (χ3n) is 8.99. The number of carbonyl (C=O) groups excluding carboxylic acids is 1. The number of nitrogens with one attached hydrogen (secondary N) is 1. The van der Waals surface area contributed by atoms with Crippen molar-refractivity contribution in [1.29, 1.82) is 0 Å². The zero-order valence-electron chi connectivity index (χ0n) is 25.1. The molecule has 2 aliphatic heterocycles. The molecule has 5 aromatic rings. The molecule has 2 unspecified atom stereocenters. The normalized spacial score (nSPS) is 17.8. The van der Waals surface area contributed by atoms with Gasteiger partial charge in [0.25, 0.3) is 0 Å². The molecule has 4 heterocycles. The summed E-state index contributed by atoms with van der Waals surface area (Å²) in [6.45, 7) is 8.17. The van der Waals surface area contributed by atoms with Crippen molar-refractivity contribution in [2.75, 3.05) is 29.9 Å². The van der Waals surface area contributed by atoms with Crippen molar-refractivity contribution in [2.45, 2.75) is 32.6 Å². The molecule has 0 amide bonds. The van der Waals surface area contributed by atoms with E-state index in [0.29, 0.717) is 24.9 Å². The summed E-state index contributed by atoms with van der Waals surface area (Å²) in [5.74, 6) is 4.06. The molecular formula is C35H36N6O3. The Hall–Kier alpha value is -4.92. The van der Waals surface area contributed by atoms with Crippen LogP contribution in [0.1, 0.15) is 31.2 Å². The quantitative estimate of drug-likeness (QED) is 0.192. The highest BCUT2D eigenvalue weighted by atomic mass is 16.5. The highest BCUT2D eigenvalue weighted by Gasteiger charge is 2.32.